The molecule has 2 aromatic carbocycles. The summed E-state index contributed by atoms with van der Waals surface area (Å²) in [5.74, 6) is -0.655. The maximum atomic E-state index is 14.0. The van der Waals surface area contributed by atoms with Crippen molar-refractivity contribution in [3.63, 3.8) is 0 Å². The number of hydrogen-bond donors (Lipinski definition) is 4. The first-order chi connectivity index (χ1) is 19.9. The molecule has 1 aliphatic rings. The van der Waals surface area contributed by atoms with E-state index in [9.17, 15) is 18.0 Å². The van der Waals surface area contributed by atoms with Crippen LogP contribution < -0.4 is 10.6 Å². The van der Waals surface area contributed by atoms with Crippen LogP contribution in [-0.4, -0.2) is 73.5 Å². The van der Waals surface area contributed by atoms with Crippen molar-refractivity contribution in [3.05, 3.63) is 83.1 Å². The molecular formula is C30H35F3N8O. The first kappa shape index (κ1) is 32.1. The van der Waals surface area contributed by atoms with Gasteiger partial charge in [-0.15, -0.1) is 0 Å². The van der Waals surface area contributed by atoms with Crippen LogP contribution in [0.4, 0.5) is 24.5 Å². The summed E-state index contributed by atoms with van der Waals surface area (Å²) in [7, 11) is 3.93. The number of likely N-dealkylation sites (N-methyl/N-ethyl adjacent to an activating group) is 1. The fraction of sp³-hybridized carbons (Fsp3) is 0.300. The van der Waals surface area contributed by atoms with Gasteiger partial charge in [0, 0.05) is 60.6 Å². The SMILES string of the molecule is C=C(/C=N\C=N)C(=N)/C=C\N=C\Nc1cc(NC(=O)c2ccc(CN3CCC(N(C)C)C3)c(C(F)(F)F)c2)ccc1C. The smallest absolute Gasteiger partial charge is 0.346 e. The second kappa shape index (κ2) is 14.5. The topological polar surface area (TPSA) is 120 Å². The van der Waals surface area contributed by atoms with Crippen LogP contribution in [0.1, 0.15) is 33.5 Å². The summed E-state index contributed by atoms with van der Waals surface area (Å²) in [5, 5.41) is 20.4. The Hall–Kier alpha value is -4.42. The second-order valence-electron chi connectivity index (χ2n) is 10.1. The zero-order valence-corrected chi connectivity index (χ0v) is 23.8. The van der Waals surface area contributed by atoms with Gasteiger partial charge in [-0.1, -0.05) is 18.7 Å². The summed E-state index contributed by atoms with van der Waals surface area (Å²) in [6.07, 6.45) is 2.61. The van der Waals surface area contributed by atoms with Crippen LogP contribution >= 0.6 is 0 Å². The Morgan fingerprint density at radius 2 is 1.98 bits per heavy atom. The number of aryl methyl sites for hydroxylation is 1. The lowest BCUT2D eigenvalue weighted by Crippen LogP contribution is -2.31. The van der Waals surface area contributed by atoms with Gasteiger partial charge in [-0.3, -0.25) is 15.1 Å². The summed E-state index contributed by atoms with van der Waals surface area (Å²) in [5.41, 5.74) is 1.50. The minimum absolute atomic E-state index is 0.0781. The van der Waals surface area contributed by atoms with Crippen LogP contribution in [0, 0.1) is 17.7 Å². The molecule has 42 heavy (non-hydrogen) atoms. The maximum Gasteiger partial charge on any atom is 0.416 e. The highest BCUT2D eigenvalue weighted by atomic mass is 19.4. The van der Waals surface area contributed by atoms with Gasteiger partial charge >= 0.3 is 6.18 Å². The molecule has 1 amide bonds. The summed E-state index contributed by atoms with van der Waals surface area (Å²) < 4.78 is 42.0. The van der Waals surface area contributed by atoms with Gasteiger partial charge in [-0.2, -0.15) is 13.2 Å². The number of anilines is 2. The van der Waals surface area contributed by atoms with Crippen molar-refractivity contribution in [1.29, 1.82) is 10.8 Å². The van der Waals surface area contributed by atoms with Crippen molar-refractivity contribution in [2.45, 2.75) is 32.1 Å². The molecular weight excluding hydrogens is 545 g/mol. The van der Waals surface area contributed by atoms with Crippen molar-refractivity contribution >= 4 is 41.9 Å². The number of alkyl halides is 3. The van der Waals surface area contributed by atoms with E-state index in [1.165, 1.54) is 37.0 Å². The van der Waals surface area contributed by atoms with E-state index < -0.39 is 17.6 Å². The number of nitrogens with zero attached hydrogens (tertiary/aromatic N) is 4. The van der Waals surface area contributed by atoms with Crippen molar-refractivity contribution in [3.8, 4) is 0 Å². The van der Waals surface area contributed by atoms with Crippen LogP contribution in [0.25, 0.3) is 0 Å². The zero-order chi connectivity index (χ0) is 30.9. The standard InChI is InChI=1S/C30H35F3N8O/c1-20-5-8-24(14-28(20)38-19-36-11-9-27(35)21(2)15-37-18-34)39-29(42)22-6-7-23(26(13-22)30(31,32)33)16-41-12-10-25(17-41)40(3)4/h5-9,11,13-15,18-19,25,34-35H,2,10,12,16-17H2,1,3-4H3,(H,36,38)(H,39,42)/b11-9-,34-18?,35-27?,37-15-. The number of nitrogens with one attached hydrogen (secondary N) is 4. The van der Waals surface area contributed by atoms with Crippen LogP contribution in [0.3, 0.4) is 0 Å². The Morgan fingerprint density at radius 1 is 1.21 bits per heavy atom. The summed E-state index contributed by atoms with van der Waals surface area (Å²) in [6.45, 7) is 7.08. The third kappa shape index (κ3) is 9.05. The molecule has 3 rings (SSSR count). The minimum atomic E-state index is -4.60. The van der Waals surface area contributed by atoms with Crippen LogP contribution in [0.5, 0.6) is 0 Å². The number of halogens is 3. The van der Waals surface area contributed by atoms with E-state index >= 15 is 0 Å². The van der Waals surface area contributed by atoms with E-state index in [1.54, 1.807) is 18.2 Å². The van der Waals surface area contributed by atoms with Crippen LogP contribution in [0.15, 0.2) is 70.8 Å². The highest BCUT2D eigenvalue weighted by Crippen LogP contribution is 2.34. The van der Waals surface area contributed by atoms with E-state index in [2.05, 4.69) is 32.1 Å². The number of allylic oxidation sites excluding steroid dienone is 2. The minimum Gasteiger partial charge on any atom is -0.346 e. The average Bonchev–Trinajstić information content (AvgIpc) is 3.41. The number of carbonyl (C=O) groups is 1. The normalized spacial score (nSPS) is 16.1. The summed E-state index contributed by atoms with van der Waals surface area (Å²) in [6, 6.07) is 9.10. The molecule has 0 bridgehead atoms. The average molecular weight is 581 g/mol. The van der Waals surface area contributed by atoms with Gasteiger partial charge in [0.15, 0.2) is 0 Å². The zero-order valence-electron chi connectivity index (χ0n) is 23.8. The molecule has 1 heterocycles. The monoisotopic (exact) mass is 580 g/mol. The number of benzene rings is 2. The van der Waals surface area contributed by atoms with Gasteiger partial charge < -0.3 is 20.9 Å². The molecule has 12 heteroatoms. The van der Waals surface area contributed by atoms with E-state index in [-0.39, 0.29) is 23.4 Å². The van der Waals surface area contributed by atoms with E-state index in [4.69, 9.17) is 10.8 Å². The predicted molar refractivity (Wildman–Crippen MR) is 163 cm³/mol. The molecule has 0 aromatic heterocycles. The number of carbonyl (C=O) groups excluding carboxylic acids is 1. The third-order valence-corrected chi connectivity index (χ3v) is 6.82. The molecule has 9 nitrogen and oxygen atoms in total. The number of hydrogen-bond acceptors (Lipinski definition) is 6. The molecule has 1 aliphatic heterocycles. The Labute approximate surface area is 243 Å². The Morgan fingerprint density at radius 3 is 2.64 bits per heavy atom. The van der Waals surface area contributed by atoms with Crippen molar-refractivity contribution < 1.29 is 18.0 Å². The molecule has 4 N–H and O–H groups in total. The lowest BCUT2D eigenvalue weighted by Gasteiger charge is -2.22. The molecule has 2 aromatic rings. The molecule has 222 valence electrons. The van der Waals surface area contributed by atoms with Crippen molar-refractivity contribution in [2.24, 2.45) is 9.98 Å². The van der Waals surface area contributed by atoms with E-state index in [0.29, 0.717) is 36.1 Å². The van der Waals surface area contributed by atoms with Gasteiger partial charge in [0.1, 0.15) is 6.34 Å². The van der Waals surface area contributed by atoms with Crippen molar-refractivity contribution in [1.82, 2.24) is 9.80 Å². The molecule has 1 saturated heterocycles. The van der Waals surface area contributed by atoms with Gasteiger partial charge in [0.05, 0.1) is 17.6 Å². The first-order valence-corrected chi connectivity index (χ1v) is 13.1. The Kier molecular flexibility index (Phi) is 11.1. The molecule has 0 saturated carbocycles. The van der Waals surface area contributed by atoms with Crippen LogP contribution in [0.2, 0.25) is 0 Å². The predicted octanol–water partition coefficient (Wildman–Crippen LogP) is 5.61. The largest absolute Gasteiger partial charge is 0.416 e. The number of rotatable bonds is 12. The number of likely N-dealkylation sites (tertiary alicyclic amines) is 1. The van der Waals surface area contributed by atoms with Crippen LogP contribution in [-0.2, 0) is 12.7 Å². The Balaban J connectivity index is 1.68. The quantitative estimate of drug-likeness (QED) is 0.193. The summed E-state index contributed by atoms with van der Waals surface area (Å²) in [4.78, 5) is 24.7. The summed E-state index contributed by atoms with van der Waals surface area (Å²) >= 11 is 0. The van der Waals surface area contributed by atoms with Gasteiger partial charge in [0.25, 0.3) is 5.91 Å². The molecule has 0 radical (unpaired) electrons. The fourth-order valence-corrected chi connectivity index (χ4v) is 4.37. The molecule has 0 spiro atoms. The first-order valence-electron chi connectivity index (χ1n) is 13.1. The maximum absolute atomic E-state index is 14.0. The van der Waals surface area contributed by atoms with E-state index in [1.807, 2.05) is 25.9 Å². The fourth-order valence-electron chi connectivity index (χ4n) is 4.37. The molecule has 1 atom stereocenters. The number of amides is 1. The van der Waals surface area contributed by atoms with Gasteiger partial charge in [-0.05, 0) is 68.9 Å². The van der Waals surface area contributed by atoms with Crippen molar-refractivity contribution in [2.75, 3.05) is 37.8 Å². The van der Waals surface area contributed by atoms with E-state index in [0.717, 1.165) is 24.4 Å². The second-order valence-corrected chi connectivity index (χ2v) is 10.1. The number of aliphatic imine (C=N–C) groups is 2. The molecule has 1 fully saturated rings. The molecule has 0 aliphatic carbocycles. The molecule has 1 unspecified atom stereocenters. The Bertz CT molecular complexity index is 1410. The van der Waals surface area contributed by atoms with Gasteiger partial charge in [0.2, 0.25) is 0 Å². The highest BCUT2D eigenvalue weighted by Gasteiger charge is 2.35. The lowest BCUT2D eigenvalue weighted by molar-refractivity contribution is -0.138. The van der Waals surface area contributed by atoms with Gasteiger partial charge in [-0.25, -0.2) is 9.98 Å². The lowest BCUT2D eigenvalue weighted by atomic mass is 10.0. The third-order valence-electron chi connectivity index (χ3n) is 6.82. The highest BCUT2D eigenvalue weighted by molar-refractivity contribution is 6.20.